The van der Waals surface area contributed by atoms with Crippen molar-refractivity contribution >= 4 is 0 Å². The lowest BCUT2D eigenvalue weighted by atomic mass is 10.1. The molecule has 1 atom stereocenters. The predicted octanol–water partition coefficient (Wildman–Crippen LogP) is 6.54. The molecule has 0 bridgehead atoms. The van der Waals surface area contributed by atoms with Crippen molar-refractivity contribution in [3.05, 3.63) is 48.3 Å². The van der Waals surface area contributed by atoms with Crippen molar-refractivity contribution in [1.29, 1.82) is 0 Å². The van der Waals surface area contributed by atoms with Crippen molar-refractivity contribution in [2.45, 2.75) is 90.8 Å². The van der Waals surface area contributed by atoms with Crippen molar-refractivity contribution in [1.82, 2.24) is 9.80 Å². The van der Waals surface area contributed by atoms with Crippen molar-refractivity contribution < 1.29 is 0 Å². The van der Waals surface area contributed by atoms with Crippen LogP contribution in [0.4, 0.5) is 0 Å². The van der Waals surface area contributed by atoms with E-state index in [1.54, 1.807) is 0 Å². The van der Waals surface area contributed by atoms with E-state index in [9.17, 15) is 0 Å². The minimum Gasteiger partial charge on any atom is -0.356 e. The van der Waals surface area contributed by atoms with Gasteiger partial charge in [-0.3, -0.25) is 0 Å². The molecule has 1 aromatic carbocycles. The Bertz CT molecular complexity index is 468. The zero-order valence-electron chi connectivity index (χ0n) is 16.5. The maximum Gasteiger partial charge on any atom is 0.101 e. The second-order valence-corrected chi connectivity index (χ2v) is 7.44. The highest BCUT2D eigenvalue weighted by atomic mass is 15.4. The Labute approximate surface area is 155 Å². The summed E-state index contributed by atoms with van der Waals surface area (Å²) in [6.45, 7) is 6.83. The van der Waals surface area contributed by atoms with E-state index in [2.05, 4.69) is 66.4 Å². The first kappa shape index (κ1) is 19.9. The topological polar surface area (TPSA) is 6.48 Å². The van der Waals surface area contributed by atoms with Crippen LogP contribution < -0.4 is 0 Å². The van der Waals surface area contributed by atoms with Gasteiger partial charge in [-0.1, -0.05) is 89.1 Å². The summed E-state index contributed by atoms with van der Waals surface area (Å²) in [4.78, 5) is 5.14. The number of hydrogen-bond donors (Lipinski definition) is 0. The van der Waals surface area contributed by atoms with Crippen LogP contribution in [0.3, 0.4) is 0 Å². The molecule has 0 N–H and O–H groups in total. The first-order chi connectivity index (χ1) is 12.3. The number of benzene rings is 1. The quantitative estimate of drug-likeness (QED) is 0.375. The zero-order valence-corrected chi connectivity index (χ0v) is 16.5. The molecular weight excluding hydrogens is 304 g/mol. The van der Waals surface area contributed by atoms with Gasteiger partial charge in [0.2, 0.25) is 0 Å². The van der Waals surface area contributed by atoms with E-state index >= 15 is 0 Å². The number of unbranched alkanes of at least 4 members (excludes halogenated alkanes) is 7. The molecule has 1 unspecified atom stereocenters. The highest BCUT2D eigenvalue weighted by molar-refractivity contribution is 5.15. The predicted molar refractivity (Wildman–Crippen MR) is 109 cm³/mol. The third kappa shape index (κ3) is 7.13. The molecule has 0 aliphatic carbocycles. The normalized spacial score (nSPS) is 16.8. The summed E-state index contributed by atoms with van der Waals surface area (Å²) in [5, 5.41) is 0. The van der Waals surface area contributed by atoms with Gasteiger partial charge in [-0.25, -0.2) is 0 Å². The Morgan fingerprint density at radius 2 is 1.36 bits per heavy atom. The van der Waals surface area contributed by atoms with Gasteiger partial charge in [0.15, 0.2) is 0 Å². The zero-order chi connectivity index (χ0) is 17.7. The van der Waals surface area contributed by atoms with E-state index in [-0.39, 0.29) is 0 Å². The second kappa shape index (κ2) is 12.0. The van der Waals surface area contributed by atoms with Crippen molar-refractivity contribution in [2.75, 3.05) is 6.54 Å². The largest absolute Gasteiger partial charge is 0.356 e. The van der Waals surface area contributed by atoms with E-state index in [0.717, 1.165) is 6.54 Å². The van der Waals surface area contributed by atoms with Gasteiger partial charge in [-0.2, -0.15) is 0 Å². The monoisotopic (exact) mass is 342 g/mol. The van der Waals surface area contributed by atoms with E-state index in [4.69, 9.17) is 0 Å². The van der Waals surface area contributed by atoms with Crippen LogP contribution in [0.2, 0.25) is 0 Å². The van der Waals surface area contributed by atoms with Crippen LogP contribution in [0.15, 0.2) is 42.7 Å². The van der Waals surface area contributed by atoms with Gasteiger partial charge < -0.3 is 9.80 Å². The highest BCUT2D eigenvalue weighted by Gasteiger charge is 2.25. The van der Waals surface area contributed by atoms with Crippen molar-refractivity contribution in [3.63, 3.8) is 0 Å². The summed E-state index contributed by atoms with van der Waals surface area (Å²) in [6, 6.07) is 10.9. The van der Waals surface area contributed by atoms with Gasteiger partial charge in [-0.15, -0.1) is 0 Å². The number of nitrogens with zero attached hydrogens (tertiary/aromatic N) is 2. The number of rotatable bonds is 13. The molecule has 0 spiro atoms. The fourth-order valence-corrected chi connectivity index (χ4v) is 3.72. The van der Waals surface area contributed by atoms with Gasteiger partial charge >= 0.3 is 0 Å². The fourth-order valence-electron chi connectivity index (χ4n) is 3.72. The molecule has 0 radical (unpaired) electrons. The summed E-state index contributed by atoms with van der Waals surface area (Å²) in [6.07, 6.45) is 18.7. The summed E-state index contributed by atoms with van der Waals surface area (Å²) >= 11 is 0. The van der Waals surface area contributed by atoms with Crippen LogP contribution >= 0.6 is 0 Å². The Morgan fingerprint density at radius 3 is 2.12 bits per heavy atom. The lowest BCUT2D eigenvalue weighted by molar-refractivity contribution is 0.132. The average molecular weight is 343 g/mol. The molecule has 0 amide bonds. The van der Waals surface area contributed by atoms with Gasteiger partial charge in [0.25, 0.3) is 0 Å². The summed E-state index contributed by atoms with van der Waals surface area (Å²) in [7, 11) is 0. The molecule has 1 aliphatic rings. The Hall–Kier alpha value is -1.44. The summed E-state index contributed by atoms with van der Waals surface area (Å²) in [5.74, 6) is 0. The van der Waals surface area contributed by atoms with E-state index in [1.807, 2.05) is 0 Å². The molecule has 2 nitrogen and oxygen atoms in total. The Kier molecular flexibility index (Phi) is 9.54. The average Bonchev–Trinajstić information content (AvgIpc) is 3.01. The smallest absolute Gasteiger partial charge is 0.101 e. The molecule has 0 aromatic heterocycles. The minimum atomic E-state index is 0.558. The maximum atomic E-state index is 2.60. The molecule has 2 rings (SSSR count). The van der Waals surface area contributed by atoms with Crippen LogP contribution in [-0.2, 0) is 6.54 Å². The van der Waals surface area contributed by atoms with Crippen LogP contribution in [-0.4, -0.2) is 22.5 Å². The van der Waals surface area contributed by atoms with E-state index in [0.29, 0.717) is 6.17 Å². The summed E-state index contributed by atoms with van der Waals surface area (Å²) in [5.41, 5.74) is 1.41. The molecule has 2 heteroatoms. The molecule has 1 heterocycles. The van der Waals surface area contributed by atoms with Crippen molar-refractivity contribution in [3.8, 4) is 0 Å². The second-order valence-electron chi connectivity index (χ2n) is 7.44. The molecule has 1 aromatic rings. The van der Waals surface area contributed by atoms with Crippen molar-refractivity contribution in [2.24, 2.45) is 0 Å². The van der Waals surface area contributed by atoms with Crippen LogP contribution in [0, 0.1) is 0 Å². The number of hydrogen-bond acceptors (Lipinski definition) is 2. The van der Waals surface area contributed by atoms with Crippen LogP contribution in [0.25, 0.3) is 0 Å². The third-order valence-corrected chi connectivity index (χ3v) is 5.26. The molecular formula is C23H38N2. The Balaban J connectivity index is 1.82. The third-order valence-electron chi connectivity index (χ3n) is 5.26. The van der Waals surface area contributed by atoms with Gasteiger partial charge in [0.05, 0.1) is 0 Å². The first-order valence-corrected chi connectivity index (χ1v) is 10.6. The molecule has 140 valence electrons. The van der Waals surface area contributed by atoms with E-state index in [1.165, 1.54) is 76.3 Å². The molecule has 0 saturated heterocycles. The summed E-state index contributed by atoms with van der Waals surface area (Å²) < 4.78 is 0. The highest BCUT2D eigenvalue weighted by Crippen LogP contribution is 2.24. The van der Waals surface area contributed by atoms with E-state index < -0.39 is 0 Å². The van der Waals surface area contributed by atoms with Gasteiger partial charge in [0.1, 0.15) is 6.17 Å². The molecule has 1 aliphatic heterocycles. The molecule has 25 heavy (non-hydrogen) atoms. The standard InChI is InChI=1S/C23H38N2/c1-3-5-7-8-9-14-18-24-19-20-25(23(24)17-11-6-4-2)21-22-15-12-10-13-16-22/h10,12-13,15-16,19-20,23H,3-9,11,14,17-18,21H2,1-2H3. The first-order valence-electron chi connectivity index (χ1n) is 10.6. The Morgan fingerprint density at radius 1 is 0.720 bits per heavy atom. The maximum absolute atomic E-state index is 2.60. The lowest BCUT2D eigenvalue weighted by Crippen LogP contribution is -2.38. The minimum absolute atomic E-state index is 0.558. The van der Waals surface area contributed by atoms with Crippen LogP contribution in [0.5, 0.6) is 0 Å². The molecule has 0 fully saturated rings. The lowest BCUT2D eigenvalue weighted by Gasteiger charge is -2.33. The fraction of sp³-hybridized carbons (Fsp3) is 0.652. The SMILES string of the molecule is CCCCCCCCN1C=CN(Cc2ccccc2)C1CCCCC. The van der Waals surface area contributed by atoms with Crippen LogP contribution in [0.1, 0.15) is 83.6 Å². The van der Waals surface area contributed by atoms with Gasteiger partial charge in [-0.05, 0) is 24.8 Å². The molecule has 0 saturated carbocycles. The van der Waals surface area contributed by atoms with Gasteiger partial charge in [0, 0.05) is 25.5 Å².